The number of hydrogen-bond acceptors (Lipinski definition) is 2. The molecule has 2 unspecified atom stereocenters. The van der Waals surface area contributed by atoms with Gasteiger partial charge in [0, 0.05) is 5.16 Å². The van der Waals surface area contributed by atoms with Gasteiger partial charge < -0.3 is 10.2 Å². The van der Waals surface area contributed by atoms with Gasteiger partial charge in [0.15, 0.2) is 0 Å². The molecule has 1 aromatic rings. The van der Waals surface area contributed by atoms with Crippen LogP contribution in [0.1, 0.15) is 43.7 Å². The van der Waals surface area contributed by atoms with E-state index in [-0.39, 0.29) is 16.7 Å². The summed E-state index contributed by atoms with van der Waals surface area (Å²) in [6, 6.07) is 5.68. The summed E-state index contributed by atoms with van der Waals surface area (Å²) in [6.07, 6.45) is 8.00. The van der Waals surface area contributed by atoms with Crippen LogP contribution in [0.2, 0.25) is 0 Å². The first-order valence-electron chi connectivity index (χ1n) is 7.65. The molecule has 0 saturated heterocycles. The molecule has 4 atom stereocenters. The molecule has 4 rings (SSSR count). The van der Waals surface area contributed by atoms with Gasteiger partial charge in [0.25, 0.3) is 0 Å². The maximum atomic E-state index is 10.1. The minimum atomic E-state index is -0.195. The molecule has 3 aliphatic carbocycles. The molecule has 0 spiro atoms. The van der Waals surface area contributed by atoms with Crippen molar-refractivity contribution in [3.8, 4) is 5.75 Å². The Morgan fingerprint density at radius 1 is 1.24 bits per heavy atom. The third-order valence-electron chi connectivity index (χ3n) is 5.68. The van der Waals surface area contributed by atoms with E-state index in [0.717, 1.165) is 31.2 Å². The van der Waals surface area contributed by atoms with E-state index in [1.165, 1.54) is 16.7 Å². The zero-order valence-electron chi connectivity index (χ0n) is 12.3. The van der Waals surface area contributed by atoms with Gasteiger partial charge in [-0.05, 0) is 59.9 Å². The van der Waals surface area contributed by atoms with Crippen LogP contribution in [-0.4, -0.2) is 16.3 Å². The summed E-state index contributed by atoms with van der Waals surface area (Å²) in [4.78, 5) is 0. The number of phenolic OH excluding ortho intramolecular Hbond substituents is 1. The lowest BCUT2D eigenvalue weighted by Crippen LogP contribution is -2.34. The van der Waals surface area contributed by atoms with Crippen molar-refractivity contribution >= 4 is 15.3 Å². The molecule has 21 heavy (non-hydrogen) atoms. The number of fused-ring (bicyclic) bond motifs is 4. The van der Waals surface area contributed by atoms with Crippen LogP contribution in [0.15, 0.2) is 35.4 Å². The van der Waals surface area contributed by atoms with Crippen LogP contribution in [-0.2, 0) is 5.16 Å². The highest BCUT2D eigenvalue weighted by molar-refractivity contribution is 7.19. The van der Waals surface area contributed by atoms with Crippen LogP contribution in [0, 0.1) is 5.41 Å². The fourth-order valence-corrected chi connectivity index (χ4v) is 5.24. The zero-order valence-corrected chi connectivity index (χ0v) is 13.4. The lowest BCUT2D eigenvalue weighted by Gasteiger charge is -2.45. The number of phenols is 1. The summed E-state index contributed by atoms with van der Waals surface area (Å²) in [5.41, 5.74) is 5.35. The molecule has 0 amide bonds. The van der Waals surface area contributed by atoms with Gasteiger partial charge in [-0.15, -0.1) is 9.24 Å². The van der Waals surface area contributed by atoms with Gasteiger partial charge in [0.05, 0.1) is 6.10 Å². The number of aromatic hydroxyl groups is 1. The average molecular weight is 300 g/mol. The van der Waals surface area contributed by atoms with Crippen LogP contribution in [0.25, 0.3) is 6.08 Å². The van der Waals surface area contributed by atoms with E-state index in [0.29, 0.717) is 5.75 Å². The Morgan fingerprint density at radius 2 is 2.05 bits per heavy atom. The van der Waals surface area contributed by atoms with E-state index in [9.17, 15) is 10.2 Å². The predicted molar refractivity (Wildman–Crippen MR) is 88.1 cm³/mol. The molecule has 2 nitrogen and oxygen atoms in total. The van der Waals surface area contributed by atoms with Crippen molar-refractivity contribution in [1.82, 2.24) is 0 Å². The Bertz CT molecular complexity index is 690. The Balaban J connectivity index is 1.94. The van der Waals surface area contributed by atoms with Gasteiger partial charge >= 0.3 is 0 Å². The van der Waals surface area contributed by atoms with Crippen molar-refractivity contribution in [3.63, 3.8) is 0 Å². The number of rotatable bonds is 0. The molecule has 0 aromatic heterocycles. The second-order valence-corrected chi connectivity index (χ2v) is 8.08. The van der Waals surface area contributed by atoms with Crippen LogP contribution < -0.4 is 0 Å². The maximum absolute atomic E-state index is 10.1. The number of benzene rings is 1. The second kappa shape index (κ2) is 4.21. The first-order chi connectivity index (χ1) is 9.92. The van der Waals surface area contributed by atoms with Crippen molar-refractivity contribution in [3.05, 3.63) is 46.5 Å². The fraction of sp³-hybridized carbons (Fsp3) is 0.444. The Kier molecular flexibility index (Phi) is 2.72. The zero-order chi connectivity index (χ0) is 14.8. The lowest BCUT2D eigenvalue weighted by molar-refractivity contribution is 0.159. The van der Waals surface area contributed by atoms with Gasteiger partial charge in [-0.25, -0.2) is 0 Å². The average Bonchev–Trinajstić information content (AvgIpc) is 2.73. The van der Waals surface area contributed by atoms with Gasteiger partial charge in [0.1, 0.15) is 5.75 Å². The Labute approximate surface area is 127 Å². The van der Waals surface area contributed by atoms with Crippen molar-refractivity contribution in [2.45, 2.75) is 43.9 Å². The molecule has 1 saturated carbocycles. The molecular formula is C18H21O2P. The van der Waals surface area contributed by atoms with E-state index in [1.54, 1.807) is 6.07 Å². The summed E-state index contributed by atoms with van der Waals surface area (Å²) < 4.78 is 0. The molecule has 0 bridgehead atoms. The summed E-state index contributed by atoms with van der Waals surface area (Å²) >= 11 is 0. The third-order valence-corrected chi connectivity index (χ3v) is 6.59. The predicted octanol–water partition coefficient (Wildman–Crippen LogP) is 3.74. The largest absolute Gasteiger partial charge is 0.508 e. The molecule has 110 valence electrons. The normalized spacial score (nSPS) is 37.2. The van der Waals surface area contributed by atoms with Crippen LogP contribution >= 0.6 is 9.24 Å². The minimum Gasteiger partial charge on any atom is -0.508 e. The molecule has 0 radical (unpaired) electrons. The molecule has 3 aliphatic rings. The second-order valence-electron chi connectivity index (χ2n) is 7.09. The first-order valence-corrected chi connectivity index (χ1v) is 8.23. The summed E-state index contributed by atoms with van der Waals surface area (Å²) in [7, 11) is 3.07. The van der Waals surface area contributed by atoms with Gasteiger partial charge in [-0.1, -0.05) is 30.7 Å². The highest BCUT2D eigenvalue weighted by Gasteiger charge is 2.49. The van der Waals surface area contributed by atoms with Crippen molar-refractivity contribution in [1.29, 1.82) is 0 Å². The highest BCUT2D eigenvalue weighted by atomic mass is 31.0. The smallest absolute Gasteiger partial charge is 0.116 e. The van der Waals surface area contributed by atoms with Gasteiger partial charge in [-0.3, -0.25) is 0 Å². The monoisotopic (exact) mass is 300 g/mol. The number of hydrogen-bond donors (Lipinski definition) is 2. The summed E-state index contributed by atoms with van der Waals surface area (Å²) in [5, 5.41) is 19.8. The SMILES string of the molecule is CC12CC[C@@]3(P)C(=C1C[C@@H](O)C2)C=Cc1cc(O)ccc13. The van der Waals surface area contributed by atoms with Crippen molar-refractivity contribution < 1.29 is 10.2 Å². The van der Waals surface area contributed by atoms with Crippen LogP contribution in [0.3, 0.4) is 0 Å². The topological polar surface area (TPSA) is 40.5 Å². The van der Waals surface area contributed by atoms with Gasteiger partial charge in [0.2, 0.25) is 0 Å². The summed E-state index contributed by atoms with van der Waals surface area (Å²) in [5.74, 6) is 0.319. The van der Waals surface area contributed by atoms with Crippen molar-refractivity contribution in [2.24, 2.45) is 5.41 Å². The lowest BCUT2D eigenvalue weighted by atomic mass is 9.65. The standard InChI is InChI=1S/C18H21O2P/c1-17-6-7-18(21)14-5-3-12(19)8-11(14)2-4-15(18)16(17)9-13(20)10-17/h2-5,8,13,19-20H,6-7,9-10,21H2,1H3/t13-,17?,18+/m1/s1. The molecule has 2 N–H and O–H groups in total. The maximum Gasteiger partial charge on any atom is 0.116 e. The van der Waals surface area contributed by atoms with E-state index >= 15 is 0 Å². The van der Waals surface area contributed by atoms with Gasteiger partial charge in [-0.2, -0.15) is 0 Å². The highest BCUT2D eigenvalue weighted by Crippen LogP contribution is 2.61. The molecule has 1 aromatic carbocycles. The Hall–Kier alpha value is -1.11. The van der Waals surface area contributed by atoms with E-state index < -0.39 is 0 Å². The quantitative estimate of drug-likeness (QED) is 0.717. The van der Waals surface area contributed by atoms with E-state index in [1.807, 2.05) is 6.07 Å². The van der Waals surface area contributed by atoms with E-state index in [4.69, 9.17) is 0 Å². The van der Waals surface area contributed by atoms with E-state index in [2.05, 4.69) is 34.4 Å². The number of aliphatic hydroxyl groups is 1. The minimum absolute atomic E-state index is 0.0588. The first kappa shape index (κ1) is 13.5. The molecule has 0 heterocycles. The molecule has 1 fully saturated rings. The molecule has 0 aliphatic heterocycles. The fourth-order valence-electron chi connectivity index (χ4n) is 4.56. The molecule has 3 heteroatoms. The third kappa shape index (κ3) is 1.79. The van der Waals surface area contributed by atoms with Crippen molar-refractivity contribution in [2.75, 3.05) is 0 Å². The summed E-state index contributed by atoms with van der Waals surface area (Å²) in [6.45, 7) is 2.30. The molecular weight excluding hydrogens is 279 g/mol. The van der Waals surface area contributed by atoms with Crippen LogP contribution in [0.5, 0.6) is 5.75 Å². The number of allylic oxidation sites excluding steroid dienone is 2. The number of aliphatic hydroxyl groups excluding tert-OH is 1. The van der Waals surface area contributed by atoms with Crippen LogP contribution in [0.4, 0.5) is 0 Å². The Morgan fingerprint density at radius 3 is 2.86 bits per heavy atom.